The first kappa shape index (κ1) is 24.7. The summed E-state index contributed by atoms with van der Waals surface area (Å²) in [5, 5.41) is 0. The summed E-state index contributed by atoms with van der Waals surface area (Å²) in [5.41, 5.74) is 5.11. The second-order valence-corrected chi connectivity index (χ2v) is 36.1. The molecule has 0 fully saturated rings. The fourth-order valence-electron chi connectivity index (χ4n) is 4.46. The van der Waals surface area contributed by atoms with E-state index >= 15 is 0 Å². The van der Waals surface area contributed by atoms with E-state index in [1.807, 2.05) is 9.08 Å². The molecule has 0 saturated carbocycles. The van der Waals surface area contributed by atoms with Crippen molar-refractivity contribution in [2.24, 2.45) is 0 Å². The Morgan fingerprint density at radius 2 is 0.926 bits per heavy atom. The van der Waals surface area contributed by atoms with Crippen LogP contribution in [0.5, 0.6) is 0 Å². The Balaban J connectivity index is 4.20. The van der Waals surface area contributed by atoms with Gasteiger partial charge in [0.2, 0.25) is 0 Å². The van der Waals surface area contributed by atoms with E-state index in [1.165, 1.54) is 5.56 Å². The molecule has 1 aromatic rings. The molecule has 1 aromatic carbocycles. The van der Waals surface area contributed by atoms with Crippen molar-refractivity contribution in [3.8, 4) is 11.6 Å². The standard InChI is InChI=1S/C22H41PSi4/c1-24(2,3)21(25(4,5)6)23(19-18-20-16-14-13-15-17-20)22(26(7,8)9)27(10,11)12/h13-17H,1-12H3. The molecule has 27 heavy (non-hydrogen) atoms. The van der Waals surface area contributed by atoms with Gasteiger partial charge in [0.15, 0.2) is 0 Å². The van der Waals surface area contributed by atoms with Gasteiger partial charge in [-0.3, -0.25) is 0 Å². The Morgan fingerprint density at radius 3 is 1.22 bits per heavy atom. The maximum atomic E-state index is 3.94. The molecule has 0 heterocycles. The molecule has 0 amide bonds. The third kappa shape index (κ3) is 7.22. The Bertz CT molecular complexity index is 734. The van der Waals surface area contributed by atoms with Crippen molar-refractivity contribution >= 4 is 48.5 Å². The van der Waals surface area contributed by atoms with Gasteiger partial charge in [0.05, 0.1) is 32.3 Å². The molecular formula is C22H41PSi4. The van der Waals surface area contributed by atoms with E-state index in [0.717, 1.165) is 0 Å². The zero-order valence-electron chi connectivity index (χ0n) is 19.8. The van der Waals surface area contributed by atoms with Gasteiger partial charge < -0.3 is 0 Å². The monoisotopic (exact) mass is 448 g/mol. The van der Waals surface area contributed by atoms with Crippen LogP contribution in [-0.4, -0.2) is 41.4 Å². The summed E-state index contributed by atoms with van der Waals surface area (Å²) in [6.45, 7) is 30.7. The van der Waals surface area contributed by atoms with Gasteiger partial charge in [-0.15, -0.1) is 0 Å². The topological polar surface area (TPSA) is 0 Å². The highest BCUT2D eigenvalue weighted by Crippen LogP contribution is 2.33. The molecular weight excluding hydrogens is 408 g/mol. The fraction of sp³-hybridized carbons (Fsp3) is 0.545. The fourth-order valence-corrected chi connectivity index (χ4v) is 37.2. The van der Waals surface area contributed by atoms with Crippen LogP contribution in [0, 0.1) is 11.6 Å². The van der Waals surface area contributed by atoms with E-state index in [9.17, 15) is 0 Å². The minimum atomic E-state index is -1.42. The lowest BCUT2D eigenvalue weighted by atomic mass is 10.2. The maximum absolute atomic E-state index is 3.94. The highest BCUT2D eigenvalue weighted by atomic mass is 31.1. The van der Waals surface area contributed by atoms with E-state index < -0.39 is 39.5 Å². The van der Waals surface area contributed by atoms with E-state index in [4.69, 9.17) is 0 Å². The average molecular weight is 449 g/mol. The molecule has 0 spiro atoms. The van der Waals surface area contributed by atoms with Crippen LogP contribution in [-0.2, 0) is 0 Å². The van der Waals surface area contributed by atoms with Crippen LogP contribution in [0.25, 0.3) is 0 Å². The van der Waals surface area contributed by atoms with Crippen molar-refractivity contribution in [1.82, 2.24) is 0 Å². The minimum absolute atomic E-state index is 0.444. The zero-order valence-corrected chi connectivity index (χ0v) is 24.7. The summed E-state index contributed by atoms with van der Waals surface area (Å²) >= 11 is 0. The maximum Gasteiger partial charge on any atom is 0.0738 e. The molecule has 0 aliphatic heterocycles. The molecule has 0 aromatic heterocycles. The SMILES string of the molecule is C[Si](C)(C)C(=P(C#Cc1ccccc1)=C([Si](C)(C)C)[Si](C)(C)C)[Si](C)(C)C. The zero-order chi connectivity index (χ0) is 21.3. The van der Waals surface area contributed by atoms with Crippen molar-refractivity contribution in [2.75, 3.05) is 0 Å². The van der Waals surface area contributed by atoms with E-state index in [0.29, 0.717) is 0 Å². The van der Waals surface area contributed by atoms with Gasteiger partial charge in [-0.2, -0.15) is 0 Å². The van der Waals surface area contributed by atoms with Gasteiger partial charge in [0, 0.05) is 5.56 Å². The molecule has 0 N–H and O–H groups in total. The quantitative estimate of drug-likeness (QED) is 0.257. The molecule has 5 heteroatoms. The predicted octanol–water partition coefficient (Wildman–Crippen LogP) is 7.33. The molecule has 0 unspecified atom stereocenters. The van der Waals surface area contributed by atoms with Crippen molar-refractivity contribution in [2.45, 2.75) is 78.6 Å². The van der Waals surface area contributed by atoms with E-state index in [2.05, 4.69) is 120 Å². The lowest BCUT2D eigenvalue weighted by Gasteiger charge is -2.36. The van der Waals surface area contributed by atoms with E-state index in [1.54, 1.807) is 0 Å². The van der Waals surface area contributed by atoms with Crippen LogP contribution in [0.2, 0.25) is 78.6 Å². The third-order valence-electron chi connectivity index (χ3n) is 4.37. The summed E-state index contributed by atoms with van der Waals surface area (Å²) in [6, 6.07) is 10.6. The second-order valence-electron chi connectivity index (χ2n) is 11.6. The van der Waals surface area contributed by atoms with Crippen LogP contribution in [0.15, 0.2) is 30.3 Å². The predicted molar refractivity (Wildman–Crippen MR) is 144 cm³/mol. The molecule has 0 bridgehead atoms. The molecule has 0 radical (unpaired) electrons. The van der Waals surface area contributed by atoms with Crippen molar-refractivity contribution in [1.29, 1.82) is 0 Å². The molecule has 150 valence electrons. The molecule has 0 saturated heterocycles. The lowest BCUT2D eigenvalue weighted by Crippen LogP contribution is -2.52. The van der Waals surface area contributed by atoms with Gasteiger partial charge in [-0.25, -0.2) is 0 Å². The third-order valence-corrected chi connectivity index (χ3v) is 31.0. The van der Waals surface area contributed by atoms with Gasteiger partial charge in [-0.05, 0) is 17.8 Å². The number of benzene rings is 1. The summed E-state index contributed by atoms with van der Waals surface area (Å²) < 4.78 is 3.88. The first-order chi connectivity index (χ1) is 12.0. The van der Waals surface area contributed by atoms with Gasteiger partial charge in [0.25, 0.3) is 0 Å². The van der Waals surface area contributed by atoms with Gasteiger partial charge in [-0.1, -0.05) is 119 Å². The van der Waals surface area contributed by atoms with Crippen LogP contribution in [0.4, 0.5) is 0 Å². The van der Waals surface area contributed by atoms with Crippen molar-refractivity contribution < 1.29 is 0 Å². The highest BCUT2D eigenvalue weighted by molar-refractivity contribution is 7.85. The summed E-state index contributed by atoms with van der Waals surface area (Å²) in [5.74, 6) is 3.62. The van der Waals surface area contributed by atoms with Gasteiger partial charge in [0.1, 0.15) is 0 Å². The first-order valence-corrected chi connectivity index (χ1v) is 25.4. The van der Waals surface area contributed by atoms with Crippen molar-refractivity contribution in [3.63, 3.8) is 0 Å². The van der Waals surface area contributed by atoms with Crippen LogP contribution in [0.3, 0.4) is 0 Å². The Kier molecular flexibility index (Phi) is 7.87. The normalized spacial score (nSPS) is 12.9. The lowest BCUT2D eigenvalue weighted by molar-refractivity contribution is 1.65. The Labute approximate surface area is 174 Å². The molecule has 0 atom stereocenters. The minimum Gasteiger partial charge on any atom is -0.0659 e. The van der Waals surface area contributed by atoms with Gasteiger partial charge >= 0.3 is 0 Å². The molecule has 1 rings (SSSR count). The summed E-state index contributed by atoms with van der Waals surface area (Å²) in [4.78, 5) is 0. The first-order valence-electron chi connectivity index (χ1n) is 10.1. The summed E-state index contributed by atoms with van der Waals surface area (Å²) in [6.07, 6.45) is 0. The Hall–Kier alpha value is -0.312. The molecule has 0 aliphatic carbocycles. The number of hydrogen-bond donors (Lipinski definition) is 0. The largest absolute Gasteiger partial charge is 0.0738 e. The number of rotatable bonds is 4. The van der Waals surface area contributed by atoms with Crippen LogP contribution < -0.4 is 0 Å². The van der Waals surface area contributed by atoms with E-state index in [-0.39, 0.29) is 0 Å². The summed E-state index contributed by atoms with van der Waals surface area (Å²) in [7, 11) is -6.11. The highest BCUT2D eigenvalue weighted by Gasteiger charge is 2.37. The number of hydrogen-bond acceptors (Lipinski definition) is 0. The average Bonchev–Trinajstić information content (AvgIpc) is 2.39. The van der Waals surface area contributed by atoms with Crippen LogP contribution in [0.1, 0.15) is 5.56 Å². The second kappa shape index (κ2) is 8.59. The molecule has 0 aliphatic rings. The Morgan fingerprint density at radius 1 is 0.593 bits per heavy atom. The van der Waals surface area contributed by atoms with Crippen molar-refractivity contribution in [3.05, 3.63) is 35.9 Å². The molecule has 0 nitrogen and oxygen atoms in total. The van der Waals surface area contributed by atoms with Crippen LogP contribution >= 0.6 is 7.17 Å². The smallest absolute Gasteiger partial charge is 0.0659 e.